The highest BCUT2D eigenvalue weighted by atomic mass is 35.5. The number of carbonyl (C=O) groups excluding carboxylic acids is 1. The number of aryl methyl sites for hydroxylation is 2. The summed E-state index contributed by atoms with van der Waals surface area (Å²) in [4.78, 5) is 13.0. The lowest BCUT2D eigenvalue weighted by molar-refractivity contribution is -0.119. The van der Waals surface area contributed by atoms with E-state index in [0.717, 1.165) is 15.4 Å². The summed E-state index contributed by atoms with van der Waals surface area (Å²) >= 11 is 12.2. The lowest BCUT2D eigenvalue weighted by atomic mass is 10.2. The molecular formula is C32H31Cl2N3O5S. The van der Waals surface area contributed by atoms with Crippen molar-refractivity contribution in [1.29, 1.82) is 0 Å². The number of nitrogens with zero attached hydrogens (tertiary/aromatic N) is 2. The van der Waals surface area contributed by atoms with Gasteiger partial charge in [-0.05, 0) is 98.1 Å². The minimum Gasteiger partial charge on any atom is -0.490 e. The van der Waals surface area contributed by atoms with E-state index >= 15 is 0 Å². The first kappa shape index (κ1) is 31.9. The zero-order chi connectivity index (χ0) is 31.0. The van der Waals surface area contributed by atoms with E-state index in [2.05, 4.69) is 10.5 Å². The highest BCUT2D eigenvalue weighted by Gasteiger charge is 2.28. The smallest absolute Gasteiger partial charge is 0.264 e. The molecule has 0 bridgehead atoms. The second-order valence-corrected chi connectivity index (χ2v) is 12.3. The second kappa shape index (κ2) is 14.4. The summed E-state index contributed by atoms with van der Waals surface area (Å²) in [7, 11) is -4.08. The molecular weight excluding hydrogens is 609 g/mol. The second-order valence-electron chi connectivity index (χ2n) is 9.61. The topological polar surface area (TPSA) is 97.3 Å². The van der Waals surface area contributed by atoms with E-state index in [1.807, 2.05) is 32.0 Å². The summed E-state index contributed by atoms with van der Waals surface area (Å²) in [5.74, 6) is 0.416. The summed E-state index contributed by atoms with van der Waals surface area (Å²) in [5, 5.41) is 5.13. The normalized spacial score (nSPS) is 11.4. The van der Waals surface area contributed by atoms with E-state index < -0.39 is 22.5 Å². The van der Waals surface area contributed by atoms with E-state index in [1.54, 1.807) is 61.5 Å². The Morgan fingerprint density at radius 3 is 2.35 bits per heavy atom. The third kappa shape index (κ3) is 8.50. The van der Waals surface area contributed by atoms with Crippen molar-refractivity contribution in [3.05, 3.63) is 117 Å². The first-order valence-corrected chi connectivity index (χ1v) is 15.6. The van der Waals surface area contributed by atoms with Gasteiger partial charge < -0.3 is 9.47 Å². The Balaban J connectivity index is 1.49. The van der Waals surface area contributed by atoms with Gasteiger partial charge in [-0.3, -0.25) is 9.10 Å². The molecule has 0 heterocycles. The average Bonchev–Trinajstić information content (AvgIpc) is 2.96. The van der Waals surface area contributed by atoms with Crippen molar-refractivity contribution in [2.24, 2.45) is 5.10 Å². The average molecular weight is 641 g/mol. The molecule has 1 amide bonds. The fourth-order valence-electron chi connectivity index (χ4n) is 4.16. The standard InChI is InChI=1S/C32H31Cl2N3O5S/c1-4-41-31-18-24(10-15-30(31)42-21-25-6-5-7-26(33)17-25)19-35-36-32(38)20-37(29-14-11-27(34)16-23(29)3)43(39,40)28-12-8-22(2)9-13-28/h5-19H,4,20-21H2,1-3H3,(H,36,38)/b35-19-. The first-order valence-electron chi connectivity index (χ1n) is 13.4. The van der Waals surface area contributed by atoms with Crippen LogP contribution in [0.2, 0.25) is 10.0 Å². The fourth-order valence-corrected chi connectivity index (χ4v) is 6.09. The molecule has 224 valence electrons. The minimum atomic E-state index is -4.08. The van der Waals surface area contributed by atoms with Gasteiger partial charge in [0.05, 0.1) is 23.4 Å². The van der Waals surface area contributed by atoms with Gasteiger partial charge in [-0.1, -0.05) is 53.0 Å². The number of ether oxygens (including phenoxy) is 2. The van der Waals surface area contributed by atoms with Crippen LogP contribution in [0.1, 0.15) is 29.2 Å². The zero-order valence-electron chi connectivity index (χ0n) is 23.9. The minimum absolute atomic E-state index is 0.0601. The maximum absolute atomic E-state index is 13.6. The van der Waals surface area contributed by atoms with Crippen LogP contribution < -0.4 is 19.2 Å². The van der Waals surface area contributed by atoms with Crippen LogP contribution in [0.5, 0.6) is 11.5 Å². The number of hydrogen-bond donors (Lipinski definition) is 1. The van der Waals surface area contributed by atoms with Crippen molar-refractivity contribution >= 4 is 51.0 Å². The van der Waals surface area contributed by atoms with Crippen molar-refractivity contribution in [3.8, 4) is 11.5 Å². The molecule has 0 aliphatic heterocycles. The molecule has 1 N–H and O–H groups in total. The van der Waals surface area contributed by atoms with Crippen LogP contribution in [-0.4, -0.2) is 33.7 Å². The Kier molecular flexibility index (Phi) is 10.7. The monoisotopic (exact) mass is 639 g/mol. The van der Waals surface area contributed by atoms with Gasteiger partial charge in [0.15, 0.2) is 11.5 Å². The van der Waals surface area contributed by atoms with Crippen molar-refractivity contribution in [3.63, 3.8) is 0 Å². The van der Waals surface area contributed by atoms with Gasteiger partial charge in [-0.15, -0.1) is 0 Å². The van der Waals surface area contributed by atoms with Gasteiger partial charge in [0.25, 0.3) is 15.9 Å². The zero-order valence-corrected chi connectivity index (χ0v) is 26.2. The number of nitrogens with one attached hydrogen (secondary N) is 1. The third-order valence-corrected chi connectivity index (χ3v) is 8.52. The van der Waals surface area contributed by atoms with Crippen molar-refractivity contribution in [1.82, 2.24) is 5.43 Å². The number of halogens is 2. The Morgan fingerprint density at radius 2 is 1.65 bits per heavy atom. The van der Waals surface area contributed by atoms with Crippen LogP contribution >= 0.6 is 23.2 Å². The molecule has 0 spiro atoms. The molecule has 4 rings (SSSR count). The van der Waals surface area contributed by atoms with Crippen molar-refractivity contribution < 1.29 is 22.7 Å². The summed E-state index contributed by atoms with van der Waals surface area (Å²) in [6, 6.07) is 23.9. The number of rotatable bonds is 12. The van der Waals surface area contributed by atoms with Crippen molar-refractivity contribution in [2.75, 3.05) is 17.5 Å². The van der Waals surface area contributed by atoms with Crippen LogP contribution in [0.25, 0.3) is 0 Å². The highest BCUT2D eigenvalue weighted by molar-refractivity contribution is 7.92. The summed E-state index contributed by atoms with van der Waals surface area (Å²) in [6.45, 7) is 5.67. The summed E-state index contributed by atoms with van der Waals surface area (Å²) < 4.78 is 40.0. The molecule has 8 nitrogen and oxygen atoms in total. The van der Waals surface area contributed by atoms with Gasteiger partial charge in [0.2, 0.25) is 0 Å². The van der Waals surface area contributed by atoms with Crippen LogP contribution in [0.3, 0.4) is 0 Å². The Morgan fingerprint density at radius 1 is 0.907 bits per heavy atom. The summed E-state index contributed by atoms with van der Waals surface area (Å²) in [6.07, 6.45) is 1.44. The SMILES string of the molecule is CCOc1cc(/C=N\NC(=O)CN(c2ccc(Cl)cc2C)S(=O)(=O)c2ccc(C)cc2)ccc1OCc1cccc(Cl)c1. The Bertz CT molecular complexity index is 1730. The lowest BCUT2D eigenvalue weighted by Crippen LogP contribution is -2.40. The maximum Gasteiger partial charge on any atom is 0.264 e. The molecule has 0 unspecified atom stereocenters. The van der Waals surface area contributed by atoms with E-state index in [1.165, 1.54) is 18.3 Å². The van der Waals surface area contributed by atoms with Crippen LogP contribution in [0.15, 0.2) is 94.9 Å². The van der Waals surface area contributed by atoms with E-state index in [0.29, 0.717) is 51.6 Å². The van der Waals surface area contributed by atoms with Crippen LogP contribution in [-0.2, 0) is 21.4 Å². The maximum atomic E-state index is 13.6. The van der Waals surface area contributed by atoms with E-state index in [4.69, 9.17) is 32.7 Å². The molecule has 0 radical (unpaired) electrons. The van der Waals surface area contributed by atoms with Gasteiger partial charge >= 0.3 is 0 Å². The highest BCUT2D eigenvalue weighted by Crippen LogP contribution is 2.30. The van der Waals surface area contributed by atoms with Crippen LogP contribution in [0.4, 0.5) is 5.69 Å². The van der Waals surface area contributed by atoms with Gasteiger partial charge in [0, 0.05) is 10.0 Å². The quantitative estimate of drug-likeness (QED) is 0.134. The predicted octanol–water partition coefficient (Wildman–Crippen LogP) is 6.93. The van der Waals surface area contributed by atoms with Gasteiger partial charge in [-0.25, -0.2) is 13.8 Å². The number of anilines is 1. The van der Waals surface area contributed by atoms with E-state index in [9.17, 15) is 13.2 Å². The number of sulfonamides is 1. The fraction of sp³-hybridized carbons (Fsp3) is 0.188. The van der Waals surface area contributed by atoms with Gasteiger partial charge in [0.1, 0.15) is 13.2 Å². The largest absolute Gasteiger partial charge is 0.490 e. The Hall–Kier alpha value is -4.05. The molecule has 4 aromatic carbocycles. The number of benzene rings is 4. The molecule has 43 heavy (non-hydrogen) atoms. The number of hydrogen-bond acceptors (Lipinski definition) is 6. The van der Waals surface area contributed by atoms with E-state index in [-0.39, 0.29) is 4.90 Å². The molecule has 0 aromatic heterocycles. The molecule has 0 aliphatic carbocycles. The molecule has 0 saturated heterocycles. The van der Waals surface area contributed by atoms with Crippen molar-refractivity contribution in [2.45, 2.75) is 32.3 Å². The number of amides is 1. The lowest BCUT2D eigenvalue weighted by Gasteiger charge is -2.25. The number of carbonyl (C=O) groups is 1. The van der Waals surface area contributed by atoms with Gasteiger partial charge in [-0.2, -0.15) is 5.10 Å². The first-order chi connectivity index (χ1) is 20.6. The summed E-state index contributed by atoms with van der Waals surface area (Å²) in [5.41, 5.74) is 5.82. The molecule has 0 saturated carbocycles. The molecule has 4 aromatic rings. The molecule has 0 aliphatic rings. The van der Waals surface area contributed by atoms with Crippen LogP contribution in [0, 0.1) is 13.8 Å². The number of hydrazone groups is 1. The Labute approximate surface area is 261 Å². The predicted molar refractivity (Wildman–Crippen MR) is 171 cm³/mol. The molecule has 11 heteroatoms. The molecule has 0 atom stereocenters. The molecule has 0 fully saturated rings. The third-order valence-electron chi connectivity index (χ3n) is 6.28.